The van der Waals surface area contributed by atoms with Crippen LogP contribution in [0, 0.1) is 6.92 Å². The minimum Gasteiger partial charge on any atom is -0.385 e. The van der Waals surface area contributed by atoms with Gasteiger partial charge in [0, 0.05) is 41.8 Å². The van der Waals surface area contributed by atoms with Crippen LogP contribution < -0.4 is 5.32 Å². The number of thiophene rings is 1. The van der Waals surface area contributed by atoms with Crippen molar-refractivity contribution in [2.75, 3.05) is 20.3 Å². The number of carbonyl (C=O) groups excluding carboxylic acids is 1. The van der Waals surface area contributed by atoms with Gasteiger partial charge >= 0.3 is 0 Å². The van der Waals surface area contributed by atoms with Crippen LogP contribution in [0.5, 0.6) is 0 Å². The largest absolute Gasteiger partial charge is 0.385 e. The van der Waals surface area contributed by atoms with Crippen LogP contribution in [0.25, 0.3) is 21.3 Å². The number of hydrogen-bond acceptors (Lipinski definition) is 4. The summed E-state index contributed by atoms with van der Waals surface area (Å²) in [5, 5.41) is 5.90. The zero-order valence-corrected chi connectivity index (χ0v) is 14.7. The zero-order valence-electron chi connectivity index (χ0n) is 13.8. The molecule has 3 rings (SSSR count). The third-order valence-corrected chi connectivity index (χ3v) is 4.71. The van der Waals surface area contributed by atoms with Crippen LogP contribution in [0.2, 0.25) is 0 Å². The number of para-hydroxylation sites is 1. The molecule has 2 aromatic heterocycles. The Hall–Kier alpha value is -2.24. The highest BCUT2D eigenvalue weighted by Gasteiger charge is 2.14. The molecule has 0 atom stereocenters. The SMILES string of the molecule is COCCCNC(=O)c1cc(C)nc2c(-c3cccs3)cccc12. The van der Waals surface area contributed by atoms with E-state index < -0.39 is 0 Å². The number of carbonyl (C=O) groups is 1. The number of nitrogens with one attached hydrogen (secondary N) is 1. The molecule has 0 unspecified atom stereocenters. The summed E-state index contributed by atoms with van der Waals surface area (Å²) in [6, 6.07) is 12.0. The zero-order chi connectivity index (χ0) is 16.9. The molecular weight excluding hydrogens is 320 g/mol. The summed E-state index contributed by atoms with van der Waals surface area (Å²) in [5.74, 6) is -0.0649. The summed E-state index contributed by atoms with van der Waals surface area (Å²) >= 11 is 1.68. The van der Waals surface area contributed by atoms with E-state index in [1.807, 2.05) is 36.6 Å². The van der Waals surface area contributed by atoms with E-state index >= 15 is 0 Å². The van der Waals surface area contributed by atoms with Crippen LogP contribution in [0.4, 0.5) is 0 Å². The van der Waals surface area contributed by atoms with Gasteiger partial charge in [-0.05, 0) is 30.9 Å². The van der Waals surface area contributed by atoms with Gasteiger partial charge < -0.3 is 10.1 Å². The lowest BCUT2D eigenvalue weighted by Gasteiger charge is -2.11. The predicted molar refractivity (Wildman–Crippen MR) is 98.6 cm³/mol. The van der Waals surface area contributed by atoms with Crippen molar-refractivity contribution in [3.05, 3.63) is 53.0 Å². The quantitative estimate of drug-likeness (QED) is 0.689. The molecule has 0 bridgehead atoms. The summed E-state index contributed by atoms with van der Waals surface area (Å²) in [4.78, 5) is 18.4. The van der Waals surface area contributed by atoms with E-state index in [2.05, 4.69) is 17.4 Å². The molecule has 1 aromatic carbocycles. The van der Waals surface area contributed by atoms with Gasteiger partial charge in [-0.1, -0.05) is 24.3 Å². The first-order chi connectivity index (χ1) is 11.7. The Kier molecular flexibility index (Phi) is 5.23. The van der Waals surface area contributed by atoms with Crippen molar-refractivity contribution in [3.8, 4) is 10.4 Å². The number of methoxy groups -OCH3 is 1. The molecule has 3 aromatic rings. The number of benzene rings is 1. The Morgan fingerprint density at radius 2 is 2.17 bits per heavy atom. The van der Waals surface area contributed by atoms with Crippen molar-refractivity contribution in [3.63, 3.8) is 0 Å². The topological polar surface area (TPSA) is 51.2 Å². The van der Waals surface area contributed by atoms with Crippen molar-refractivity contribution >= 4 is 28.1 Å². The monoisotopic (exact) mass is 340 g/mol. The second kappa shape index (κ2) is 7.55. The van der Waals surface area contributed by atoms with Crippen molar-refractivity contribution in [2.45, 2.75) is 13.3 Å². The fourth-order valence-corrected chi connectivity index (χ4v) is 3.46. The van der Waals surface area contributed by atoms with Crippen LogP contribution in [-0.2, 0) is 4.74 Å². The maximum atomic E-state index is 12.6. The van der Waals surface area contributed by atoms with E-state index in [-0.39, 0.29) is 5.91 Å². The highest BCUT2D eigenvalue weighted by Crippen LogP contribution is 2.32. The van der Waals surface area contributed by atoms with E-state index in [0.29, 0.717) is 18.7 Å². The average Bonchev–Trinajstić information content (AvgIpc) is 3.11. The van der Waals surface area contributed by atoms with Gasteiger partial charge in [0.15, 0.2) is 0 Å². The minimum atomic E-state index is -0.0649. The minimum absolute atomic E-state index is 0.0649. The first-order valence-electron chi connectivity index (χ1n) is 7.92. The summed E-state index contributed by atoms with van der Waals surface area (Å²) in [6.07, 6.45) is 0.796. The molecular formula is C19H20N2O2S. The highest BCUT2D eigenvalue weighted by molar-refractivity contribution is 7.13. The number of rotatable bonds is 6. The standard InChI is InChI=1S/C19H20N2O2S/c1-13-12-16(19(22)20-9-5-10-23-2)14-6-3-7-15(18(14)21-13)17-8-4-11-24-17/h3-4,6-8,11-12H,5,9-10H2,1-2H3,(H,20,22). The molecule has 0 fully saturated rings. The third kappa shape index (κ3) is 3.47. The first kappa shape index (κ1) is 16.6. The average molecular weight is 340 g/mol. The molecule has 0 aliphatic heterocycles. The number of aryl methyl sites for hydroxylation is 1. The smallest absolute Gasteiger partial charge is 0.252 e. The van der Waals surface area contributed by atoms with E-state index in [1.165, 1.54) is 0 Å². The molecule has 0 aliphatic rings. The van der Waals surface area contributed by atoms with Gasteiger partial charge in [0.2, 0.25) is 0 Å². The number of ether oxygens (including phenoxy) is 1. The number of aromatic nitrogens is 1. The lowest BCUT2D eigenvalue weighted by atomic mass is 10.0. The maximum Gasteiger partial charge on any atom is 0.252 e. The second-order valence-corrected chi connectivity index (χ2v) is 6.54. The molecule has 5 heteroatoms. The number of pyridine rings is 1. The number of amides is 1. The van der Waals surface area contributed by atoms with Crippen LogP contribution in [0.15, 0.2) is 41.8 Å². The summed E-state index contributed by atoms with van der Waals surface area (Å²) in [6.45, 7) is 3.16. The van der Waals surface area contributed by atoms with E-state index in [9.17, 15) is 4.79 Å². The van der Waals surface area contributed by atoms with Crippen LogP contribution in [0.1, 0.15) is 22.5 Å². The third-order valence-electron chi connectivity index (χ3n) is 3.81. The molecule has 1 amide bonds. The van der Waals surface area contributed by atoms with Crippen molar-refractivity contribution in [1.29, 1.82) is 0 Å². The van der Waals surface area contributed by atoms with Crippen LogP contribution in [-0.4, -0.2) is 31.2 Å². The van der Waals surface area contributed by atoms with E-state index in [0.717, 1.165) is 33.5 Å². The Labute approximate surface area is 145 Å². The first-order valence-corrected chi connectivity index (χ1v) is 8.80. The molecule has 124 valence electrons. The number of nitrogens with zero attached hydrogens (tertiary/aromatic N) is 1. The lowest BCUT2D eigenvalue weighted by molar-refractivity contribution is 0.0950. The molecule has 1 N–H and O–H groups in total. The number of hydrogen-bond donors (Lipinski definition) is 1. The van der Waals surface area contributed by atoms with Gasteiger partial charge in [0.05, 0.1) is 11.1 Å². The highest BCUT2D eigenvalue weighted by atomic mass is 32.1. The molecule has 24 heavy (non-hydrogen) atoms. The molecule has 2 heterocycles. The van der Waals surface area contributed by atoms with E-state index in [1.54, 1.807) is 18.4 Å². The fourth-order valence-electron chi connectivity index (χ4n) is 2.71. The van der Waals surface area contributed by atoms with Crippen LogP contribution in [0.3, 0.4) is 0 Å². The van der Waals surface area contributed by atoms with Crippen LogP contribution >= 0.6 is 11.3 Å². The fraction of sp³-hybridized carbons (Fsp3) is 0.263. The Morgan fingerprint density at radius 1 is 1.29 bits per heavy atom. The summed E-state index contributed by atoms with van der Waals surface area (Å²) in [5.41, 5.74) is 3.46. The van der Waals surface area contributed by atoms with Gasteiger partial charge in [-0.15, -0.1) is 11.3 Å². The summed E-state index contributed by atoms with van der Waals surface area (Å²) < 4.78 is 5.02. The second-order valence-electron chi connectivity index (χ2n) is 5.59. The Balaban J connectivity index is 2.00. The number of fused-ring (bicyclic) bond motifs is 1. The molecule has 4 nitrogen and oxygen atoms in total. The van der Waals surface area contributed by atoms with Gasteiger partial charge in [-0.2, -0.15) is 0 Å². The van der Waals surface area contributed by atoms with Gasteiger partial charge in [-0.25, -0.2) is 0 Å². The Morgan fingerprint density at radius 3 is 2.92 bits per heavy atom. The maximum absolute atomic E-state index is 12.6. The van der Waals surface area contributed by atoms with E-state index in [4.69, 9.17) is 9.72 Å². The lowest BCUT2D eigenvalue weighted by Crippen LogP contribution is -2.25. The molecule has 0 radical (unpaired) electrons. The van der Waals surface area contributed by atoms with Gasteiger partial charge in [0.25, 0.3) is 5.91 Å². The van der Waals surface area contributed by atoms with Gasteiger partial charge in [0.1, 0.15) is 0 Å². The van der Waals surface area contributed by atoms with Crippen molar-refractivity contribution in [1.82, 2.24) is 10.3 Å². The predicted octanol–water partition coefficient (Wildman–Crippen LogP) is 4.04. The molecule has 0 aliphatic carbocycles. The van der Waals surface area contributed by atoms with Gasteiger partial charge in [-0.3, -0.25) is 9.78 Å². The molecule has 0 spiro atoms. The summed E-state index contributed by atoms with van der Waals surface area (Å²) in [7, 11) is 1.66. The van der Waals surface area contributed by atoms with Crippen molar-refractivity contribution in [2.24, 2.45) is 0 Å². The normalized spacial score (nSPS) is 10.9. The molecule has 0 saturated heterocycles. The molecule has 0 saturated carbocycles. The Bertz CT molecular complexity index is 844. The van der Waals surface area contributed by atoms with Crippen molar-refractivity contribution < 1.29 is 9.53 Å².